The van der Waals surface area contributed by atoms with Gasteiger partial charge in [-0.25, -0.2) is 0 Å². The van der Waals surface area contributed by atoms with Gasteiger partial charge in [0, 0.05) is 18.0 Å². The van der Waals surface area contributed by atoms with Gasteiger partial charge in [0.05, 0.1) is 6.10 Å². The van der Waals surface area contributed by atoms with Crippen LogP contribution in [0.5, 0.6) is 5.75 Å². The van der Waals surface area contributed by atoms with E-state index in [1.807, 2.05) is 0 Å². The molecule has 2 rings (SSSR count). The first-order valence-electron chi connectivity index (χ1n) is 4.69. The van der Waals surface area contributed by atoms with Crippen LogP contribution in [0.2, 0.25) is 0 Å². The Morgan fingerprint density at radius 2 is 2.23 bits per heavy atom. The fraction of sp³-hybridized carbons (Fsp3) is 0.455. The highest BCUT2D eigenvalue weighted by molar-refractivity contribution is 5.40. The van der Waals surface area contributed by atoms with Crippen molar-refractivity contribution in [2.45, 2.75) is 32.4 Å². The minimum atomic E-state index is 0.138. The Balaban J connectivity index is 2.43. The summed E-state index contributed by atoms with van der Waals surface area (Å²) in [4.78, 5) is 0. The molecule has 0 amide bonds. The van der Waals surface area contributed by atoms with E-state index in [1.54, 1.807) is 0 Å². The highest BCUT2D eigenvalue weighted by Crippen LogP contribution is 2.33. The van der Waals surface area contributed by atoms with Gasteiger partial charge in [0.25, 0.3) is 0 Å². The third-order valence-corrected chi connectivity index (χ3v) is 2.48. The van der Waals surface area contributed by atoms with Crippen LogP contribution in [0.4, 0.5) is 0 Å². The van der Waals surface area contributed by atoms with Gasteiger partial charge < -0.3 is 10.5 Å². The van der Waals surface area contributed by atoms with E-state index in [9.17, 15) is 0 Å². The van der Waals surface area contributed by atoms with Crippen LogP contribution in [0.3, 0.4) is 0 Å². The highest BCUT2D eigenvalue weighted by Gasteiger charge is 2.22. The van der Waals surface area contributed by atoms with Gasteiger partial charge in [-0.15, -0.1) is 0 Å². The number of nitrogens with two attached hydrogens (primary N) is 1. The average molecular weight is 177 g/mol. The predicted molar refractivity (Wildman–Crippen MR) is 52.8 cm³/mol. The largest absolute Gasteiger partial charge is 0.490 e. The second-order valence-corrected chi connectivity index (χ2v) is 3.81. The Hall–Kier alpha value is -1.02. The van der Waals surface area contributed by atoms with Crippen LogP contribution >= 0.6 is 0 Å². The summed E-state index contributed by atoms with van der Waals surface area (Å²) in [5, 5.41) is 0. The lowest BCUT2D eigenvalue weighted by atomic mass is 9.97. The fourth-order valence-corrected chi connectivity index (χ4v) is 1.80. The van der Waals surface area contributed by atoms with Crippen LogP contribution < -0.4 is 10.5 Å². The van der Waals surface area contributed by atoms with Gasteiger partial charge in [0.2, 0.25) is 0 Å². The number of fused-ring (bicyclic) bond motifs is 1. The Labute approximate surface area is 78.7 Å². The van der Waals surface area contributed by atoms with Crippen molar-refractivity contribution in [3.8, 4) is 5.75 Å². The molecule has 2 unspecified atom stereocenters. The lowest BCUT2D eigenvalue weighted by molar-refractivity contribution is 0.177. The maximum absolute atomic E-state index is 6.01. The standard InChI is InChI=1S/C11H15NO/c1-7-3-4-9-10(12)6-8(2)13-11(9)5-7/h3-5,8,10H,6,12H2,1-2H3. The van der Waals surface area contributed by atoms with Crippen molar-refractivity contribution in [1.82, 2.24) is 0 Å². The number of aryl methyl sites for hydroxylation is 1. The van der Waals surface area contributed by atoms with E-state index in [1.165, 1.54) is 5.56 Å². The van der Waals surface area contributed by atoms with E-state index in [2.05, 4.69) is 32.0 Å². The molecule has 0 bridgehead atoms. The minimum Gasteiger partial charge on any atom is -0.490 e. The Bertz CT molecular complexity index is 322. The van der Waals surface area contributed by atoms with Crippen LogP contribution in [0, 0.1) is 6.92 Å². The van der Waals surface area contributed by atoms with Gasteiger partial charge in [-0.2, -0.15) is 0 Å². The molecule has 0 saturated heterocycles. The van der Waals surface area contributed by atoms with Gasteiger partial charge in [-0.05, 0) is 25.5 Å². The van der Waals surface area contributed by atoms with Crippen molar-refractivity contribution < 1.29 is 4.74 Å². The molecule has 13 heavy (non-hydrogen) atoms. The zero-order chi connectivity index (χ0) is 9.42. The molecule has 70 valence electrons. The van der Waals surface area contributed by atoms with Crippen molar-refractivity contribution in [2.75, 3.05) is 0 Å². The topological polar surface area (TPSA) is 35.2 Å². The first-order valence-corrected chi connectivity index (χ1v) is 4.69. The number of hydrogen-bond donors (Lipinski definition) is 1. The first-order chi connectivity index (χ1) is 6.16. The molecule has 1 aromatic carbocycles. The maximum atomic E-state index is 6.01. The van der Waals surface area contributed by atoms with Crippen molar-refractivity contribution in [3.05, 3.63) is 29.3 Å². The smallest absolute Gasteiger partial charge is 0.124 e. The molecule has 1 heterocycles. The Kier molecular flexibility index (Phi) is 2.00. The van der Waals surface area contributed by atoms with Crippen LogP contribution in [0.1, 0.15) is 30.5 Å². The first kappa shape index (κ1) is 8.57. The van der Waals surface area contributed by atoms with Crippen LogP contribution in [0.25, 0.3) is 0 Å². The van der Waals surface area contributed by atoms with Crippen molar-refractivity contribution >= 4 is 0 Å². The monoisotopic (exact) mass is 177 g/mol. The van der Waals surface area contributed by atoms with Gasteiger partial charge in [0.15, 0.2) is 0 Å². The fourth-order valence-electron chi connectivity index (χ4n) is 1.80. The molecule has 1 aromatic rings. The molecule has 2 heteroatoms. The molecular weight excluding hydrogens is 162 g/mol. The molecule has 0 radical (unpaired) electrons. The van der Waals surface area contributed by atoms with E-state index in [0.29, 0.717) is 0 Å². The molecule has 0 saturated carbocycles. The molecule has 0 aromatic heterocycles. The highest BCUT2D eigenvalue weighted by atomic mass is 16.5. The van der Waals surface area contributed by atoms with Crippen molar-refractivity contribution in [1.29, 1.82) is 0 Å². The zero-order valence-corrected chi connectivity index (χ0v) is 8.08. The lowest BCUT2D eigenvalue weighted by Crippen LogP contribution is -2.27. The van der Waals surface area contributed by atoms with Gasteiger partial charge >= 0.3 is 0 Å². The molecule has 1 aliphatic rings. The SMILES string of the molecule is Cc1ccc2c(c1)OC(C)CC2N. The molecule has 1 aliphatic heterocycles. The van der Waals surface area contributed by atoms with Crippen molar-refractivity contribution in [3.63, 3.8) is 0 Å². The molecule has 2 atom stereocenters. The summed E-state index contributed by atoms with van der Waals surface area (Å²) >= 11 is 0. The van der Waals surface area contributed by atoms with Crippen LogP contribution in [-0.4, -0.2) is 6.10 Å². The van der Waals surface area contributed by atoms with Crippen molar-refractivity contribution in [2.24, 2.45) is 5.73 Å². The van der Waals surface area contributed by atoms with E-state index in [4.69, 9.17) is 10.5 Å². The Morgan fingerprint density at radius 3 is 3.00 bits per heavy atom. The van der Waals surface area contributed by atoms with Crippen LogP contribution in [-0.2, 0) is 0 Å². The Morgan fingerprint density at radius 1 is 1.46 bits per heavy atom. The molecule has 0 spiro atoms. The van der Waals surface area contributed by atoms with Gasteiger partial charge in [-0.1, -0.05) is 12.1 Å². The summed E-state index contributed by atoms with van der Waals surface area (Å²) in [5.74, 6) is 0.964. The summed E-state index contributed by atoms with van der Waals surface area (Å²) in [6, 6.07) is 6.35. The third-order valence-electron chi connectivity index (χ3n) is 2.48. The molecule has 0 aliphatic carbocycles. The number of hydrogen-bond acceptors (Lipinski definition) is 2. The van der Waals surface area contributed by atoms with Gasteiger partial charge in [-0.3, -0.25) is 0 Å². The molecular formula is C11H15NO. The maximum Gasteiger partial charge on any atom is 0.124 e. The minimum absolute atomic E-state index is 0.138. The van der Waals surface area contributed by atoms with Crippen LogP contribution in [0.15, 0.2) is 18.2 Å². The second-order valence-electron chi connectivity index (χ2n) is 3.81. The van der Waals surface area contributed by atoms with E-state index in [0.717, 1.165) is 17.7 Å². The van der Waals surface area contributed by atoms with E-state index < -0.39 is 0 Å². The zero-order valence-electron chi connectivity index (χ0n) is 8.08. The summed E-state index contributed by atoms with van der Waals surface area (Å²) in [5.41, 5.74) is 8.37. The second kappa shape index (κ2) is 3.04. The number of benzene rings is 1. The lowest BCUT2D eigenvalue weighted by Gasteiger charge is -2.28. The third kappa shape index (κ3) is 1.54. The number of ether oxygens (including phenoxy) is 1. The number of rotatable bonds is 0. The molecule has 0 fully saturated rings. The summed E-state index contributed by atoms with van der Waals surface area (Å²) in [6.45, 7) is 4.12. The summed E-state index contributed by atoms with van der Waals surface area (Å²) in [7, 11) is 0. The molecule has 2 N–H and O–H groups in total. The quantitative estimate of drug-likeness (QED) is 0.659. The molecule has 2 nitrogen and oxygen atoms in total. The normalized spacial score (nSPS) is 26.4. The summed E-state index contributed by atoms with van der Waals surface area (Å²) in [6.07, 6.45) is 1.15. The van der Waals surface area contributed by atoms with E-state index >= 15 is 0 Å². The average Bonchev–Trinajstić information content (AvgIpc) is 2.02. The van der Waals surface area contributed by atoms with E-state index in [-0.39, 0.29) is 12.1 Å². The van der Waals surface area contributed by atoms with Gasteiger partial charge in [0.1, 0.15) is 5.75 Å². The predicted octanol–water partition coefficient (Wildman–Crippen LogP) is 2.17. The summed E-state index contributed by atoms with van der Waals surface area (Å²) < 4.78 is 5.70.